The van der Waals surface area contributed by atoms with Crippen molar-refractivity contribution in [2.24, 2.45) is 7.05 Å². The number of aromatic nitrogens is 2. The van der Waals surface area contributed by atoms with Gasteiger partial charge in [-0.25, -0.2) is 0 Å². The second-order valence-corrected chi connectivity index (χ2v) is 2.89. The maximum Gasteiger partial charge on any atom is 0.241 e. The van der Waals surface area contributed by atoms with Gasteiger partial charge in [0.05, 0.1) is 5.69 Å². The Balaban J connectivity index is 2.78. The first-order valence-electron chi connectivity index (χ1n) is 3.83. The van der Waals surface area contributed by atoms with Crippen molar-refractivity contribution in [1.82, 2.24) is 9.78 Å². The zero-order valence-electron chi connectivity index (χ0n) is 7.41. The first-order chi connectivity index (χ1) is 6.02. The Morgan fingerprint density at radius 3 is 2.77 bits per heavy atom. The summed E-state index contributed by atoms with van der Waals surface area (Å²) in [6.07, 6.45) is 0.488. The lowest BCUT2D eigenvalue weighted by atomic mass is 10.1. The molecule has 1 heterocycles. The minimum absolute atomic E-state index is 0.326. The highest BCUT2D eigenvalue weighted by Crippen LogP contribution is 2.15. The standard InChI is InChI=1S/C7H11N3O3/c1-5(10(12)13)7(11)6-3-4-9(2)8-6/h3-5,7,11H,1-2H3. The number of aliphatic hydroxyl groups excluding tert-OH is 1. The summed E-state index contributed by atoms with van der Waals surface area (Å²) in [5.74, 6) is 0. The largest absolute Gasteiger partial charge is 0.380 e. The van der Waals surface area contributed by atoms with Crippen LogP contribution in [-0.2, 0) is 7.05 Å². The topological polar surface area (TPSA) is 81.2 Å². The molecule has 1 rings (SSSR count). The smallest absolute Gasteiger partial charge is 0.241 e. The number of aryl methyl sites for hydroxylation is 1. The normalized spacial score (nSPS) is 15.3. The Labute approximate surface area is 74.9 Å². The SMILES string of the molecule is CC(C(O)c1ccn(C)n1)[N+](=O)[O-]. The van der Waals surface area contributed by atoms with Gasteiger partial charge in [-0.2, -0.15) is 5.10 Å². The molecule has 6 nitrogen and oxygen atoms in total. The highest BCUT2D eigenvalue weighted by Gasteiger charge is 2.27. The van der Waals surface area contributed by atoms with Crippen LogP contribution in [0.4, 0.5) is 0 Å². The van der Waals surface area contributed by atoms with Crippen LogP contribution in [0.5, 0.6) is 0 Å². The van der Waals surface area contributed by atoms with Crippen molar-refractivity contribution < 1.29 is 10.0 Å². The fourth-order valence-corrected chi connectivity index (χ4v) is 0.953. The molecule has 2 unspecified atom stereocenters. The van der Waals surface area contributed by atoms with Crippen molar-refractivity contribution in [2.45, 2.75) is 19.1 Å². The molecule has 72 valence electrons. The summed E-state index contributed by atoms with van der Waals surface area (Å²) >= 11 is 0. The van der Waals surface area contributed by atoms with E-state index >= 15 is 0 Å². The molecular formula is C7H11N3O3. The van der Waals surface area contributed by atoms with Crippen molar-refractivity contribution in [1.29, 1.82) is 0 Å². The van der Waals surface area contributed by atoms with Gasteiger partial charge in [0.15, 0.2) is 6.10 Å². The molecule has 0 aliphatic carbocycles. The van der Waals surface area contributed by atoms with Crippen LogP contribution in [0.3, 0.4) is 0 Å². The molecule has 0 saturated heterocycles. The van der Waals surface area contributed by atoms with Crippen LogP contribution in [0.1, 0.15) is 18.7 Å². The lowest BCUT2D eigenvalue weighted by molar-refractivity contribution is -0.531. The summed E-state index contributed by atoms with van der Waals surface area (Å²) in [5, 5.41) is 23.7. The highest BCUT2D eigenvalue weighted by atomic mass is 16.6. The van der Waals surface area contributed by atoms with Gasteiger partial charge < -0.3 is 5.11 Å². The summed E-state index contributed by atoms with van der Waals surface area (Å²) in [7, 11) is 1.69. The van der Waals surface area contributed by atoms with Crippen LogP contribution in [0.25, 0.3) is 0 Å². The average molecular weight is 185 g/mol. The number of rotatable bonds is 3. The quantitative estimate of drug-likeness (QED) is 0.535. The maximum atomic E-state index is 10.3. The van der Waals surface area contributed by atoms with E-state index in [9.17, 15) is 15.2 Å². The molecule has 0 saturated carbocycles. The summed E-state index contributed by atoms with van der Waals surface area (Å²) < 4.78 is 1.49. The summed E-state index contributed by atoms with van der Waals surface area (Å²) in [5.41, 5.74) is 0.326. The molecule has 0 bridgehead atoms. The van der Waals surface area contributed by atoms with Crippen LogP contribution in [0.2, 0.25) is 0 Å². The number of hydrogen-bond donors (Lipinski definition) is 1. The van der Waals surface area contributed by atoms with Crippen molar-refractivity contribution in [3.05, 3.63) is 28.1 Å². The zero-order valence-corrected chi connectivity index (χ0v) is 7.41. The first kappa shape index (κ1) is 9.66. The fourth-order valence-electron chi connectivity index (χ4n) is 0.953. The van der Waals surface area contributed by atoms with Gasteiger partial charge in [-0.05, 0) is 6.07 Å². The van der Waals surface area contributed by atoms with E-state index < -0.39 is 17.1 Å². The second-order valence-electron chi connectivity index (χ2n) is 2.89. The average Bonchev–Trinajstić information content (AvgIpc) is 2.49. The number of nitrogens with zero attached hydrogens (tertiary/aromatic N) is 3. The lowest BCUT2D eigenvalue weighted by Gasteiger charge is -2.08. The second kappa shape index (κ2) is 3.53. The van der Waals surface area contributed by atoms with Gasteiger partial charge in [0.1, 0.15) is 0 Å². The molecule has 13 heavy (non-hydrogen) atoms. The van der Waals surface area contributed by atoms with Gasteiger partial charge in [0.2, 0.25) is 6.04 Å². The Morgan fingerprint density at radius 2 is 2.38 bits per heavy atom. The zero-order chi connectivity index (χ0) is 10.0. The predicted octanol–water partition coefficient (Wildman–Crippen LogP) is 0.119. The third-order valence-corrected chi connectivity index (χ3v) is 1.83. The van der Waals surface area contributed by atoms with Gasteiger partial charge in [-0.15, -0.1) is 0 Å². The van der Waals surface area contributed by atoms with E-state index in [1.165, 1.54) is 11.6 Å². The molecule has 0 radical (unpaired) electrons. The van der Waals surface area contributed by atoms with Crippen molar-refractivity contribution >= 4 is 0 Å². The van der Waals surface area contributed by atoms with E-state index in [4.69, 9.17) is 0 Å². The number of hydrogen-bond acceptors (Lipinski definition) is 4. The molecular weight excluding hydrogens is 174 g/mol. The van der Waals surface area contributed by atoms with E-state index in [1.807, 2.05) is 0 Å². The third-order valence-electron chi connectivity index (χ3n) is 1.83. The molecule has 0 spiro atoms. The lowest BCUT2D eigenvalue weighted by Crippen LogP contribution is -2.24. The van der Waals surface area contributed by atoms with Crippen LogP contribution in [0.15, 0.2) is 12.3 Å². The molecule has 0 aliphatic heterocycles. The molecule has 0 aromatic carbocycles. The number of nitro groups is 1. The van der Waals surface area contributed by atoms with Crippen LogP contribution < -0.4 is 0 Å². The van der Waals surface area contributed by atoms with Crippen molar-refractivity contribution in [3.8, 4) is 0 Å². The molecule has 1 N–H and O–H groups in total. The third kappa shape index (κ3) is 2.03. The molecule has 2 atom stereocenters. The Morgan fingerprint density at radius 1 is 1.77 bits per heavy atom. The van der Waals surface area contributed by atoms with E-state index in [0.29, 0.717) is 5.69 Å². The van der Waals surface area contributed by atoms with Gasteiger partial charge in [0, 0.05) is 25.1 Å². The monoisotopic (exact) mass is 185 g/mol. The molecule has 0 aliphatic rings. The Bertz CT molecular complexity index is 310. The minimum Gasteiger partial charge on any atom is -0.380 e. The maximum absolute atomic E-state index is 10.3. The van der Waals surface area contributed by atoms with E-state index in [2.05, 4.69) is 5.10 Å². The molecule has 6 heteroatoms. The highest BCUT2D eigenvalue weighted by molar-refractivity contribution is 5.03. The van der Waals surface area contributed by atoms with E-state index in [1.54, 1.807) is 19.3 Å². The van der Waals surface area contributed by atoms with Crippen LogP contribution >= 0.6 is 0 Å². The van der Waals surface area contributed by atoms with Crippen molar-refractivity contribution in [2.75, 3.05) is 0 Å². The van der Waals surface area contributed by atoms with Gasteiger partial charge >= 0.3 is 0 Å². The van der Waals surface area contributed by atoms with Gasteiger partial charge in [0.25, 0.3) is 0 Å². The van der Waals surface area contributed by atoms with Crippen LogP contribution in [0, 0.1) is 10.1 Å². The molecule has 1 aromatic rings. The summed E-state index contributed by atoms with van der Waals surface area (Å²) in [6.45, 7) is 1.35. The van der Waals surface area contributed by atoms with Crippen LogP contribution in [-0.4, -0.2) is 25.9 Å². The summed E-state index contributed by atoms with van der Waals surface area (Å²) in [4.78, 5) is 9.80. The molecule has 1 aromatic heterocycles. The van der Waals surface area contributed by atoms with E-state index in [-0.39, 0.29) is 0 Å². The minimum atomic E-state index is -1.14. The molecule has 0 fully saturated rings. The van der Waals surface area contributed by atoms with E-state index in [0.717, 1.165) is 0 Å². The first-order valence-corrected chi connectivity index (χ1v) is 3.83. The van der Waals surface area contributed by atoms with Gasteiger partial charge in [-0.3, -0.25) is 14.8 Å². The Hall–Kier alpha value is -1.43. The Kier molecular flexibility index (Phi) is 2.62. The van der Waals surface area contributed by atoms with Gasteiger partial charge in [-0.1, -0.05) is 0 Å². The summed E-state index contributed by atoms with van der Waals surface area (Å²) in [6, 6.07) is 0.528. The number of aliphatic hydroxyl groups is 1. The molecule has 0 amide bonds. The van der Waals surface area contributed by atoms with Crippen molar-refractivity contribution in [3.63, 3.8) is 0 Å². The predicted molar refractivity (Wildman–Crippen MR) is 44.6 cm³/mol. The fraction of sp³-hybridized carbons (Fsp3) is 0.571.